The smallest absolute Gasteiger partial charge is 0.240 e. The predicted octanol–water partition coefficient (Wildman–Crippen LogP) is 0.890. The van der Waals surface area contributed by atoms with Crippen molar-refractivity contribution in [1.82, 2.24) is 34.3 Å². The first-order chi connectivity index (χ1) is 9.76. The van der Waals surface area contributed by atoms with Gasteiger partial charge in [0.1, 0.15) is 6.33 Å². The summed E-state index contributed by atoms with van der Waals surface area (Å²) in [6.07, 6.45) is 8.71. The first-order valence-corrected chi connectivity index (χ1v) is 6.23. The zero-order chi connectivity index (χ0) is 13.9. The third kappa shape index (κ3) is 2.35. The van der Waals surface area contributed by atoms with Crippen molar-refractivity contribution in [3.8, 4) is 17.3 Å². The van der Waals surface area contributed by atoms with E-state index in [1.54, 1.807) is 34.2 Å². The maximum absolute atomic E-state index is 4.45. The van der Waals surface area contributed by atoms with Crippen molar-refractivity contribution >= 4 is 5.95 Å². The molecule has 0 unspecified atom stereocenters. The Morgan fingerprint density at radius 3 is 2.80 bits per heavy atom. The minimum Gasteiger partial charge on any atom is -0.354 e. The second-order valence-corrected chi connectivity index (χ2v) is 4.19. The van der Waals surface area contributed by atoms with Gasteiger partial charge in [-0.2, -0.15) is 20.1 Å². The summed E-state index contributed by atoms with van der Waals surface area (Å²) in [6.45, 7) is 2.73. The molecule has 0 aromatic carbocycles. The molecular weight excluding hydrogens is 256 g/mol. The fourth-order valence-corrected chi connectivity index (χ4v) is 1.76. The molecule has 3 heterocycles. The molecule has 0 aliphatic heterocycles. The minimum absolute atomic E-state index is 0.521. The third-order valence-corrected chi connectivity index (χ3v) is 2.66. The highest BCUT2D eigenvalue weighted by Gasteiger charge is 2.10. The molecule has 0 bridgehead atoms. The number of rotatable bonds is 4. The van der Waals surface area contributed by atoms with Gasteiger partial charge in [-0.3, -0.25) is 9.25 Å². The number of imidazole rings is 1. The van der Waals surface area contributed by atoms with Crippen molar-refractivity contribution in [2.24, 2.45) is 7.05 Å². The van der Waals surface area contributed by atoms with Crippen molar-refractivity contribution < 1.29 is 0 Å². The van der Waals surface area contributed by atoms with Crippen molar-refractivity contribution in [3.63, 3.8) is 0 Å². The summed E-state index contributed by atoms with van der Waals surface area (Å²) in [5.74, 6) is 1.63. The van der Waals surface area contributed by atoms with Crippen LogP contribution in [0.15, 0.2) is 31.1 Å². The molecule has 102 valence electrons. The molecule has 1 N–H and O–H groups in total. The van der Waals surface area contributed by atoms with E-state index in [4.69, 9.17) is 0 Å². The van der Waals surface area contributed by atoms with Crippen LogP contribution in [0, 0.1) is 0 Å². The molecule has 8 nitrogen and oxygen atoms in total. The first-order valence-electron chi connectivity index (χ1n) is 6.23. The van der Waals surface area contributed by atoms with Crippen LogP contribution in [0.4, 0.5) is 5.95 Å². The van der Waals surface area contributed by atoms with E-state index in [1.807, 2.05) is 20.2 Å². The molecule has 8 heteroatoms. The molecule has 0 fully saturated rings. The van der Waals surface area contributed by atoms with Crippen LogP contribution in [0.2, 0.25) is 0 Å². The number of nitrogens with zero attached hydrogens (tertiary/aromatic N) is 7. The van der Waals surface area contributed by atoms with E-state index in [9.17, 15) is 0 Å². The largest absolute Gasteiger partial charge is 0.354 e. The van der Waals surface area contributed by atoms with Gasteiger partial charge >= 0.3 is 0 Å². The summed E-state index contributed by atoms with van der Waals surface area (Å²) in [6, 6.07) is 0. The van der Waals surface area contributed by atoms with Crippen LogP contribution in [0.3, 0.4) is 0 Å². The lowest BCUT2D eigenvalue weighted by Crippen LogP contribution is -2.08. The van der Waals surface area contributed by atoms with Gasteiger partial charge in [-0.25, -0.2) is 4.98 Å². The summed E-state index contributed by atoms with van der Waals surface area (Å²) >= 11 is 0. The highest BCUT2D eigenvalue weighted by Crippen LogP contribution is 2.16. The molecule has 0 radical (unpaired) electrons. The summed E-state index contributed by atoms with van der Waals surface area (Å²) in [4.78, 5) is 17.2. The van der Waals surface area contributed by atoms with Gasteiger partial charge in [0.15, 0.2) is 5.82 Å². The minimum atomic E-state index is 0.521. The van der Waals surface area contributed by atoms with Crippen LogP contribution in [-0.4, -0.2) is 40.8 Å². The Labute approximate surface area is 115 Å². The van der Waals surface area contributed by atoms with Crippen LogP contribution < -0.4 is 5.32 Å². The normalized spacial score (nSPS) is 10.7. The van der Waals surface area contributed by atoms with E-state index >= 15 is 0 Å². The molecular formula is C12H14N8. The first kappa shape index (κ1) is 12.3. The van der Waals surface area contributed by atoms with E-state index < -0.39 is 0 Å². The molecule has 0 saturated heterocycles. The number of aryl methyl sites for hydroxylation is 1. The average molecular weight is 270 g/mol. The lowest BCUT2D eigenvalue weighted by molar-refractivity contribution is 0.768. The molecule has 3 aromatic rings. The fourth-order valence-electron chi connectivity index (χ4n) is 1.76. The summed E-state index contributed by atoms with van der Waals surface area (Å²) in [5, 5.41) is 7.24. The monoisotopic (exact) mass is 270 g/mol. The third-order valence-electron chi connectivity index (χ3n) is 2.66. The Morgan fingerprint density at radius 1 is 1.25 bits per heavy atom. The van der Waals surface area contributed by atoms with Crippen LogP contribution in [0.1, 0.15) is 6.92 Å². The SMILES string of the molecule is CCNc1nc(-c2cnn(C)c2)nc(-n2ccnc2)n1. The Kier molecular flexibility index (Phi) is 3.12. The maximum atomic E-state index is 4.45. The second kappa shape index (κ2) is 5.08. The molecule has 0 spiro atoms. The van der Waals surface area contributed by atoms with Gasteiger partial charge in [0, 0.05) is 32.2 Å². The number of hydrogen-bond acceptors (Lipinski definition) is 6. The van der Waals surface area contributed by atoms with E-state index in [-0.39, 0.29) is 0 Å². The predicted molar refractivity (Wildman–Crippen MR) is 73.3 cm³/mol. The Hall–Kier alpha value is -2.77. The van der Waals surface area contributed by atoms with Gasteiger partial charge in [-0.05, 0) is 6.92 Å². The molecule has 0 atom stereocenters. The topological polar surface area (TPSA) is 86.3 Å². The van der Waals surface area contributed by atoms with Crippen LogP contribution in [0.5, 0.6) is 0 Å². The van der Waals surface area contributed by atoms with Crippen LogP contribution in [0.25, 0.3) is 17.3 Å². The van der Waals surface area contributed by atoms with Gasteiger partial charge in [-0.1, -0.05) is 0 Å². The molecule has 0 saturated carbocycles. The lowest BCUT2D eigenvalue weighted by Gasteiger charge is -2.06. The van der Waals surface area contributed by atoms with Gasteiger partial charge in [0.05, 0.1) is 11.8 Å². The van der Waals surface area contributed by atoms with E-state index in [0.29, 0.717) is 17.7 Å². The van der Waals surface area contributed by atoms with Gasteiger partial charge in [0.2, 0.25) is 11.9 Å². The lowest BCUT2D eigenvalue weighted by atomic mass is 10.3. The summed E-state index contributed by atoms with van der Waals surface area (Å²) in [7, 11) is 1.85. The zero-order valence-electron chi connectivity index (χ0n) is 11.2. The Bertz CT molecular complexity index is 700. The number of nitrogens with one attached hydrogen (secondary N) is 1. The van der Waals surface area contributed by atoms with Crippen molar-refractivity contribution in [1.29, 1.82) is 0 Å². The molecule has 0 aliphatic carbocycles. The van der Waals surface area contributed by atoms with Gasteiger partial charge < -0.3 is 5.32 Å². The highest BCUT2D eigenvalue weighted by molar-refractivity contribution is 5.54. The fraction of sp³-hybridized carbons (Fsp3) is 0.250. The molecule has 3 rings (SSSR count). The summed E-state index contributed by atoms with van der Waals surface area (Å²) < 4.78 is 3.45. The quantitative estimate of drug-likeness (QED) is 0.757. The van der Waals surface area contributed by atoms with Crippen LogP contribution in [-0.2, 0) is 7.05 Å². The standard InChI is InChI=1S/C12H14N8/c1-3-14-11-16-10(9-6-15-19(2)7-9)17-12(18-11)20-5-4-13-8-20/h4-8H,3H2,1-2H3,(H,14,16,17,18). The molecule has 3 aromatic heterocycles. The highest BCUT2D eigenvalue weighted by atomic mass is 15.3. The van der Waals surface area contributed by atoms with E-state index in [2.05, 4.69) is 30.4 Å². The van der Waals surface area contributed by atoms with E-state index in [1.165, 1.54) is 0 Å². The van der Waals surface area contributed by atoms with Gasteiger partial charge in [-0.15, -0.1) is 0 Å². The Balaban J connectivity index is 2.09. The summed E-state index contributed by atoms with van der Waals surface area (Å²) in [5.41, 5.74) is 0.843. The average Bonchev–Trinajstić information content (AvgIpc) is 3.09. The Morgan fingerprint density at radius 2 is 2.15 bits per heavy atom. The van der Waals surface area contributed by atoms with Crippen molar-refractivity contribution in [3.05, 3.63) is 31.1 Å². The van der Waals surface area contributed by atoms with Crippen LogP contribution >= 0.6 is 0 Å². The maximum Gasteiger partial charge on any atom is 0.240 e. The number of aromatic nitrogens is 7. The zero-order valence-corrected chi connectivity index (χ0v) is 11.2. The van der Waals surface area contributed by atoms with Gasteiger partial charge in [0.25, 0.3) is 0 Å². The number of anilines is 1. The van der Waals surface area contributed by atoms with Crippen molar-refractivity contribution in [2.45, 2.75) is 6.92 Å². The molecule has 0 amide bonds. The second-order valence-electron chi connectivity index (χ2n) is 4.19. The number of hydrogen-bond donors (Lipinski definition) is 1. The molecule has 0 aliphatic rings. The van der Waals surface area contributed by atoms with Crippen molar-refractivity contribution in [2.75, 3.05) is 11.9 Å². The van der Waals surface area contributed by atoms with E-state index in [0.717, 1.165) is 12.1 Å². The molecule has 20 heavy (non-hydrogen) atoms.